The van der Waals surface area contributed by atoms with Crippen LogP contribution in [0.15, 0.2) is 91.0 Å². The third kappa shape index (κ3) is 3.82. The van der Waals surface area contributed by atoms with Crippen LogP contribution in [0, 0.1) is 22.7 Å². The first kappa shape index (κ1) is 25.3. The highest BCUT2D eigenvalue weighted by atomic mass is 16.7. The summed E-state index contributed by atoms with van der Waals surface area (Å²) in [6, 6.07) is 35.3. The Morgan fingerprint density at radius 1 is 0.561 bits per heavy atom. The first-order chi connectivity index (χ1) is 19.7. The standard InChI is InChI=1S/C36H27BN2O2/c1-35(2)36(3,4)41-37(40-35)32-19-31(25-11-7-23(21-39)8-12-25)29-16-14-26-13-15-27(24-9-5-22(20-38)6-10-24)28-17-18-30(32)34(29)33(26)28/h5-19H,1-4H3. The van der Waals surface area contributed by atoms with Gasteiger partial charge in [0.15, 0.2) is 0 Å². The molecule has 0 amide bonds. The predicted octanol–water partition coefficient (Wildman–Crippen LogP) is 7.96. The normalized spacial score (nSPS) is 15.9. The van der Waals surface area contributed by atoms with Crippen molar-refractivity contribution in [2.75, 3.05) is 0 Å². The van der Waals surface area contributed by atoms with Crippen LogP contribution in [-0.4, -0.2) is 18.3 Å². The molecule has 1 fully saturated rings. The number of nitrogens with zero attached hydrogens (tertiary/aromatic N) is 2. The molecule has 1 aliphatic rings. The first-order valence-electron chi connectivity index (χ1n) is 13.8. The highest BCUT2D eigenvalue weighted by Gasteiger charge is 2.52. The molecule has 1 saturated heterocycles. The zero-order chi connectivity index (χ0) is 28.5. The van der Waals surface area contributed by atoms with Gasteiger partial charge in [0.1, 0.15) is 0 Å². The van der Waals surface area contributed by atoms with E-state index in [0.717, 1.165) is 49.3 Å². The lowest BCUT2D eigenvalue weighted by atomic mass is 9.72. The number of nitriles is 2. The Balaban J connectivity index is 1.56. The summed E-state index contributed by atoms with van der Waals surface area (Å²) in [7, 11) is -0.528. The Morgan fingerprint density at radius 3 is 1.63 bits per heavy atom. The molecule has 0 aromatic heterocycles. The van der Waals surface area contributed by atoms with Gasteiger partial charge in [-0.3, -0.25) is 0 Å². The summed E-state index contributed by atoms with van der Waals surface area (Å²) in [5.74, 6) is 0. The van der Waals surface area contributed by atoms with Crippen molar-refractivity contribution in [2.45, 2.75) is 38.9 Å². The zero-order valence-electron chi connectivity index (χ0n) is 23.4. The van der Waals surface area contributed by atoms with Crippen molar-refractivity contribution in [1.82, 2.24) is 0 Å². The Labute approximate surface area is 239 Å². The maximum absolute atomic E-state index is 9.39. The van der Waals surface area contributed by atoms with Crippen molar-refractivity contribution < 1.29 is 9.31 Å². The quantitative estimate of drug-likeness (QED) is 0.172. The number of hydrogen-bond donors (Lipinski definition) is 0. The molecule has 0 radical (unpaired) electrons. The molecule has 0 N–H and O–H groups in total. The third-order valence-electron chi connectivity index (χ3n) is 8.97. The molecular weight excluding hydrogens is 503 g/mol. The van der Waals surface area contributed by atoms with Gasteiger partial charge < -0.3 is 9.31 Å². The predicted molar refractivity (Wildman–Crippen MR) is 166 cm³/mol. The zero-order valence-corrected chi connectivity index (χ0v) is 23.4. The number of hydrogen-bond acceptors (Lipinski definition) is 4. The van der Waals surface area contributed by atoms with Gasteiger partial charge >= 0.3 is 7.12 Å². The van der Waals surface area contributed by atoms with Gasteiger partial charge in [0.2, 0.25) is 0 Å². The summed E-state index contributed by atoms with van der Waals surface area (Å²) in [6.45, 7) is 8.31. The van der Waals surface area contributed by atoms with Crippen molar-refractivity contribution >= 4 is 44.9 Å². The molecule has 4 nitrogen and oxygen atoms in total. The highest BCUT2D eigenvalue weighted by molar-refractivity contribution is 6.66. The molecule has 5 heteroatoms. The Bertz CT molecular complexity index is 2050. The van der Waals surface area contributed by atoms with Gasteiger partial charge in [-0.2, -0.15) is 10.5 Å². The van der Waals surface area contributed by atoms with E-state index in [0.29, 0.717) is 11.1 Å². The van der Waals surface area contributed by atoms with E-state index in [9.17, 15) is 10.5 Å². The van der Waals surface area contributed by atoms with E-state index in [1.54, 1.807) is 0 Å². The van der Waals surface area contributed by atoms with Crippen LogP contribution in [0.1, 0.15) is 38.8 Å². The van der Waals surface area contributed by atoms with Gasteiger partial charge in [0.25, 0.3) is 0 Å². The van der Waals surface area contributed by atoms with Gasteiger partial charge in [0, 0.05) is 0 Å². The third-order valence-corrected chi connectivity index (χ3v) is 8.97. The lowest BCUT2D eigenvalue weighted by Gasteiger charge is -2.32. The summed E-state index contributed by atoms with van der Waals surface area (Å²) < 4.78 is 13.2. The van der Waals surface area contributed by atoms with E-state index in [2.05, 4.69) is 82.3 Å². The van der Waals surface area contributed by atoms with Crippen molar-refractivity contribution in [3.8, 4) is 34.4 Å². The van der Waals surface area contributed by atoms with Crippen LogP contribution in [-0.2, 0) is 9.31 Å². The lowest BCUT2D eigenvalue weighted by Crippen LogP contribution is -2.41. The largest absolute Gasteiger partial charge is 0.495 e. The van der Waals surface area contributed by atoms with Crippen LogP contribution < -0.4 is 5.46 Å². The Morgan fingerprint density at radius 2 is 1.05 bits per heavy atom. The second kappa shape index (κ2) is 8.92. The van der Waals surface area contributed by atoms with Crippen molar-refractivity contribution in [3.05, 3.63) is 102 Å². The van der Waals surface area contributed by atoms with Gasteiger partial charge in [0.05, 0.1) is 34.5 Å². The maximum Gasteiger partial charge on any atom is 0.495 e. The topological polar surface area (TPSA) is 66.0 Å². The molecular formula is C36H27BN2O2. The van der Waals surface area contributed by atoms with Crippen LogP contribution in [0.4, 0.5) is 0 Å². The van der Waals surface area contributed by atoms with Gasteiger partial charge in [-0.05, 0) is 112 Å². The fraction of sp³-hybridized carbons (Fsp3) is 0.167. The second-order valence-corrected chi connectivity index (χ2v) is 11.8. The molecule has 0 bridgehead atoms. The molecule has 0 spiro atoms. The molecule has 41 heavy (non-hydrogen) atoms. The van der Waals surface area contributed by atoms with Crippen molar-refractivity contribution in [3.63, 3.8) is 0 Å². The minimum absolute atomic E-state index is 0.473. The van der Waals surface area contributed by atoms with Crippen LogP contribution in [0.3, 0.4) is 0 Å². The molecule has 6 aromatic rings. The molecule has 0 unspecified atom stereocenters. The summed E-state index contributed by atoms with van der Waals surface area (Å²) >= 11 is 0. The number of benzene rings is 6. The van der Waals surface area contributed by atoms with E-state index in [1.165, 1.54) is 10.8 Å². The monoisotopic (exact) mass is 530 g/mol. The van der Waals surface area contributed by atoms with E-state index in [-0.39, 0.29) is 0 Å². The molecule has 6 aromatic carbocycles. The van der Waals surface area contributed by atoms with E-state index in [4.69, 9.17) is 9.31 Å². The molecule has 0 aliphatic carbocycles. The molecule has 196 valence electrons. The minimum Gasteiger partial charge on any atom is -0.399 e. The summed E-state index contributed by atoms with van der Waals surface area (Å²) in [5, 5.41) is 25.6. The van der Waals surface area contributed by atoms with E-state index >= 15 is 0 Å². The van der Waals surface area contributed by atoms with Crippen LogP contribution in [0.25, 0.3) is 54.6 Å². The lowest BCUT2D eigenvalue weighted by molar-refractivity contribution is 0.00578. The van der Waals surface area contributed by atoms with Crippen molar-refractivity contribution in [1.29, 1.82) is 10.5 Å². The van der Waals surface area contributed by atoms with E-state index in [1.807, 2.05) is 48.5 Å². The van der Waals surface area contributed by atoms with E-state index < -0.39 is 18.3 Å². The van der Waals surface area contributed by atoms with Crippen LogP contribution in [0.2, 0.25) is 0 Å². The fourth-order valence-electron chi connectivity index (χ4n) is 6.03. The second-order valence-electron chi connectivity index (χ2n) is 11.8. The summed E-state index contributed by atoms with van der Waals surface area (Å²) in [4.78, 5) is 0. The average Bonchev–Trinajstić information content (AvgIpc) is 3.21. The van der Waals surface area contributed by atoms with Crippen LogP contribution >= 0.6 is 0 Å². The minimum atomic E-state index is -0.528. The van der Waals surface area contributed by atoms with Gasteiger partial charge in [-0.15, -0.1) is 0 Å². The van der Waals surface area contributed by atoms with Gasteiger partial charge in [-0.25, -0.2) is 0 Å². The maximum atomic E-state index is 9.39. The first-order valence-corrected chi connectivity index (χ1v) is 13.8. The molecule has 7 rings (SSSR count). The highest BCUT2D eigenvalue weighted by Crippen LogP contribution is 2.43. The SMILES string of the molecule is CC1(C)OB(c2cc(-c3ccc(C#N)cc3)c3ccc4ccc(-c5ccc(C#N)cc5)c5ccc2c3c45)OC1(C)C. The average molecular weight is 530 g/mol. The molecule has 1 heterocycles. The molecule has 0 saturated carbocycles. The summed E-state index contributed by atoms with van der Waals surface area (Å²) in [6.07, 6.45) is 0. The van der Waals surface area contributed by atoms with Crippen LogP contribution in [0.5, 0.6) is 0 Å². The van der Waals surface area contributed by atoms with Gasteiger partial charge in [-0.1, -0.05) is 66.7 Å². The molecule has 1 aliphatic heterocycles. The fourth-order valence-corrected chi connectivity index (χ4v) is 6.03. The smallest absolute Gasteiger partial charge is 0.399 e. The van der Waals surface area contributed by atoms with Crippen molar-refractivity contribution in [2.24, 2.45) is 0 Å². The molecule has 0 atom stereocenters. The Kier molecular flexibility index (Phi) is 5.50. The Hall–Kier alpha value is -4.68. The summed E-state index contributed by atoms with van der Waals surface area (Å²) in [5.41, 5.74) is 5.62. The number of rotatable bonds is 3.